The van der Waals surface area contributed by atoms with Crippen LogP contribution in [0.25, 0.3) is 0 Å². The molecule has 3 heterocycles. The monoisotopic (exact) mass is 394 g/mol. The van der Waals surface area contributed by atoms with E-state index in [0.29, 0.717) is 34.7 Å². The van der Waals surface area contributed by atoms with Gasteiger partial charge >= 0.3 is 0 Å². The number of hydrogen-bond acceptors (Lipinski definition) is 6. The largest absolute Gasteiger partial charge is 0.441 e. The van der Waals surface area contributed by atoms with E-state index >= 15 is 0 Å². The predicted octanol–water partition coefficient (Wildman–Crippen LogP) is 2.90. The van der Waals surface area contributed by atoms with Crippen LogP contribution in [0.3, 0.4) is 0 Å². The Labute approximate surface area is 165 Å². The van der Waals surface area contributed by atoms with Crippen LogP contribution in [-0.4, -0.2) is 26.8 Å². The van der Waals surface area contributed by atoms with Crippen LogP contribution in [0.4, 0.5) is 11.4 Å². The third kappa shape index (κ3) is 2.12. The molecule has 1 unspecified atom stereocenters. The molecule has 5 rings (SSSR count). The Bertz CT molecular complexity index is 1180. The SMILES string of the molecule is Cc1[nH]nc2c1C1(C(=O)Nc3ccc([N+](=O)[O-])cc31)C1=C(CC(C)(C)CC1=O)O2. The summed E-state index contributed by atoms with van der Waals surface area (Å²) in [7, 11) is 0. The van der Waals surface area contributed by atoms with Crippen LogP contribution < -0.4 is 10.1 Å². The Kier molecular flexibility index (Phi) is 3.22. The van der Waals surface area contributed by atoms with Gasteiger partial charge in [0, 0.05) is 41.9 Å². The van der Waals surface area contributed by atoms with E-state index in [4.69, 9.17) is 4.74 Å². The van der Waals surface area contributed by atoms with Crippen LogP contribution in [0, 0.1) is 22.5 Å². The van der Waals surface area contributed by atoms with Gasteiger partial charge in [0.25, 0.3) is 5.69 Å². The van der Waals surface area contributed by atoms with E-state index in [1.807, 2.05) is 13.8 Å². The van der Waals surface area contributed by atoms with Crippen molar-refractivity contribution < 1.29 is 19.2 Å². The number of carbonyl (C=O) groups excluding carboxylic acids is 2. The van der Waals surface area contributed by atoms with Crippen molar-refractivity contribution in [1.29, 1.82) is 0 Å². The lowest BCUT2D eigenvalue weighted by Crippen LogP contribution is -2.47. The van der Waals surface area contributed by atoms with Gasteiger partial charge in [0.2, 0.25) is 11.8 Å². The van der Waals surface area contributed by atoms with Crippen LogP contribution in [0.2, 0.25) is 0 Å². The highest BCUT2D eigenvalue weighted by molar-refractivity contribution is 6.19. The van der Waals surface area contributed by atoms with Gasteiger partial charge in [-0.05, 0) is 18.4 Å². The molecule has 0 fully saturated rings. The third-order valence-corrected chi connectivity index (χ3v) is 5.93. The number of hydrogen-bond donors (Lipinski definition) is 2. The van der Waals surface area contributed by atoms with Crippen LogP contribution in [0.1, 0.15) is 43.5 Å². The summed E-state index contributed by atoms with van der Waals surface area (Å²) < 4.78 is 5.99. The number of fused-ring (bicyclic) bond motifs is 5. The molecule has 1 amide bonds. The molecule has 1 spiro atoms. The average molecular weight is 394 g/mol. The maximum Gasteiger partial charge on any atom is 0.269 e. The Morgan fingerprint density at radius 2 is 2.00 bits per heavy atom. The van der Waals surface area contributed by atoms with Crippen molar-refractivity contribution in [2.24, 2.45) is 5.41 Å². The molecule has 0 saturated heterocycles. The average Bonchev–Trinajstić information content (AvgIpc) is 3.12. The minimum absolute atomic E-state index is 0.153. The van der Waals surface area contributed by atoms with Gasteiger partial charge in [-0.1, -0.05) is 13.8 Å². The lowest BCUT2D eigenvalue weighted by Gasteiger charge is -2.41. The molecule has 0 saturated carbocycles. The zero-order chi connectivity index (χ0) is 20.7. The van der Waals surface area contributed by atoms with E-state index in [2.05, 4.69) is 15.5 Å². The standard InChI is InChI=1S/C20H18N4O5/c1-9-15-17(23-22-9)29-14-8-19(2,3)7-13(25)16(14)20(15)11-6-10(24(27)28)4-5-12(11)21-18(20)26/h4-6H,7-8H2,1-3H3,(H,21,26)(H,22,23). The lowest BCUT2D eigenvalue weighted by atomic mass is 9.62. The summed E-state index contributed by atoms with van der Waals surface area (Å²) >= 11 is 0. The molecule has 3 aliphatic rings. The second kappa shape index (κ2) is 5.31. The third-order valence-electron chi connectivity index (χ3n) is 5.93. The van der Waals surface area contributed by atoms with Crippen LogP contribution >= 0.6 is 0 Å². The highest BCUT2D eigenvalue weighted by Crippen LogP contribution is 2.58. The number of nitro benzene ring substituents is 1. The number of benzene rings is 1. The van der Waals surface area contributed by atoms with E-state index < -0.39 is 16.2 Å². The van der Waals surface area contributed by atoms with Crippen molar-refractivity contribution in [2.45, 2.75) is 39.0 Å². The first-order chi connectivity index (χ1) is 13.6. The summed E-state index contributed by atoms with van der Waals surface area (Å²) in [6, 6.07) is 4.20. The minimum Gasteiger partial charge on any atom is -0.441 e. The number of H-pyrrole nitrogens is 1. The molecule has 1 atom stereocenters. The summed E-state index contributed by atoms with van der Waals surface area (Å²) in [4.78, 5) is 37.8. The Morgan fingerprint density at radius 3 is 2.72 bits per heavy atom. The van der Waals surface area contributed by atoms with Crippen molar-refractivity contribution in [2.75, 3.05) is 5.32 Å². The number of aryl methyl sites for hydroxylation is 1. The number of rotatable bonds is 1. The molecule has 0 bridgehead atoms. The maximum atomic E-state index is 13.5. The van der Waals surface area contributed by atoms with E-state index in [1.54, 1.807) is 6.92 Å². The fraction of sp³-hybridized carbons (Fsp3) is 0.350. The van der Waals surface area contributed by atoms with Crippen molar-refractivity contribution >= 4 is 23.1 Å². The van der Waals surface area contributed by atoms with E-state index in [-0.39, 0.29) is 34.8 Å². The van der Waals surface area contributed by atoms with Crippen molar-refractivity contribution in [3.05, 3.63) is 56.5 Å². The number of amides is 1. The van der Waals surface area contributed by atoms with Crippen molar-refractivity contribution in [3.63, 3.8) is 0 Å². The number of Topliss-reactive ketones (excluding diaryl/α,β-unsaturated/α-hetero) is 1. The van der Waals surface area contributed by atoms with Gasteiger partial charge in [-0.25, -0.2) is 0 Å². The lowest BCUT2D eigenvalue weighted by molar-refractivity contribution is -0.384. The van der Waals surface area contributed by atoms with Crippen LogP contribution in [0.15, 0.2) is 29.5 Å². The van der Waals surface area contributed by atoms with Gasteiger partial charge in [-0.3, -0.25) is 24.8 Å². The fourth-order valence-corrected chi connectivity index (χ4v) is 4.83. The van der Waals surface area contributed by atoms with Crippen molar-refractivity contribution in [3.8, 4) is 5.88 Å². The fourth-order valence-electron chi connectivity index (χ4n) is 4.83. The first-order valence-electron chi connectivity index (χ1n) is 9.25. The molecule has 9 nitrogen and oxygen atoms in total. The molecule has 2 N–H and O–H groups in total. The summed E-state index contributed by atoms with van der Waals surface area (Å²) in [5.41, 5.74) is 0.0740. The quantitative estimate of drug-likeness (QED) is 0.565. The Morgan fingerprint density at radius 1 is 1.24 bits per heavy atom. The maximum absolute atomic E-state index is 13.5. The minimum atomic E-state index is -1.52. The Hall–Kier alpha value is -3.49. The van der Waals surface area contributed by atoms with E-state index in [9.17, 15) is 19.7 Å². The molecule has 0 radical (unpaired) electrons. The molecule has 148 valence electrons. The highest BCUT2D eigenvalue weighted by atomic mass is 16.6. The normalized spacial score (nSPS) is 24.0. The summed E-state index contributed by atoms with van der Waals surface area (Å²) in [5.74, 6) is 0.000576. The van der Waals surface area contributed by atoms with Crippen LogP contribution in [-0.2, 0) is 15.0 Å². The Balaban J connectivity index is 1.90. The topological polar surface area (TPSA) is 127 Å². The molecular weight excluding hydrogens is 376 g/mol. The first kappa shape index (κ1) is 17.6. The predicted molar refractivity (Wildman–Crippen MR) is 102 cm³/mol. The highest BCUT2D eigenvalue weighted by Gasteiger charge is 2.61. The van der Waals surface area contributed by atoms with Crippen molar-refractivity contribution in [1.82, 2.24) is 10.2 Å². The van der Waals surface area contributed by atoms with E-state index in [0.717, 1.165) is 0 Å². The number of ketones is 1. The number of carbonyl (C=O) groups is 2. The summed E-state index contributed by atoms with van der Waals surface area (Å²) in [6.07, 6.45) is 0.708. The first-order valence-corrected chi connectivity index (χ1v) is 9.25. The molecule has 1 aromatic carbocycles. The zero-order valence-corrected chi connectivity index (χ0v) is 16.1. The molecule has 2 aliphatic heterocycles. The number of aromatic amines is 1. The second-order valence-electron chi connectivity index (χ2n) is 8.56. The number of ether oxygens (including phenoxy) is 1. The molecule has 9 heteroatoms. The number of aromatic nitrogens is 2. The number of anilines is 1. The number of nitrogens with zero attached hydrogens (tertiary/aromatic N) is 2. The van der Waals surface area contributed by atoms with Gasteiger partial charge in [-0.15, -0.1) is 5.10 Å². The molecular formula is C20H18N4O5. The molecule has 1 aliphatic carbocycles. The smallest absolute Gasteiger partial charge is 0.269 e. The van der Waals surface area contributed by atoms with Gasteiger partial charge in [-0.2, -0.15) is 0 Å². The molecule has 2 aromatic rings. The van der Waals surface area contributed by atoms with Crippen LogP contribution in [0.5, 0.6) is 5.88 Å². The van der Waals surface area contributed by atoms with Gasteiger partial charge in [0.05, 0.1) is 16.1 Å². The van der Waals surface area contributed by atoms with Gasteiger partial charge in [0.15, 0.2) is 5.78 Å². The summed E-state index contributed by atoms with van der Waals surface area (Å²) in [5, 5.41) is 21.3. The molecule has 29 heavy (non-hydrogen) atoms. The second-order valence-corrected chi connectivity index (χ2v) is 8.56. The number of allylic oxidation sites excluding steroid dienone is 1. The molecule has 1 aromatic heterocycles. The zero-order valence-electron chi connectivity index (χ0n) is 16.1. The van der Waals surface area contributed by atoms with Gasteiger partial charge in [0.1, 0.15) is 11.2 Å². The number of nitrogens with one attached hydrogen (secondary N) is 2. The number of non-ortho nitro benzene ring substituents is 1. The summed E-state index contributed by atoms with van der Waals surface area (Å²) in [6.45, 7) is 5.66. The van der Waals surface area contributed by atoms with E-state index in [1.165, 1.54) is 18.2 Å². The van der Waals surface area contributed by atoms with Gasteiger partial charge < -0.3 is 10.1 Å². The number of nitro groups is 1.